The minimum absolute atomic E-state index is 0.119. The minimum atomic E-state index is -2.19. The molecule has 1 aromatic carbocycles. The summed E-state index contributed by atoms with van der Waals surface area (Å²) in [6.45, 7) is -0.271. The molecule has 24 heavy (non-hydrogen) atoms. The van der Waals surface area contributed by atoms with E-state index in [-0.39, 0.29) is 13.2 Å². The van der Waals surface area contributed by atoms with E-state index in [0.29, 0.717) is 6.61 Å². The molecule has 0 amide bonds. The van der Waals surface area contributed by atoms with Gasteiger partial charge in [-0.1, -0.05) is 30.3 Å². The summed E-state index contributed by atoms with van der Waals surface area (Å²) in [6.07, 6.45) is -6.23. The lowest BCUT2D eigenvalue weighted by molar-refractivity contribution is -0.338. The topological polar surface area (TPSA) is 129 Å². The summed E-state index contributed by atoms with van der Waals surface area (Å²) >= 11 is 0. The largest absolute Gasteiger partial charge is 0.394 e. The van der Waals surface area contributed by atoms with E-state index in [1.807, 2.05) is 30.3 Å². The van der Waals surface area contributed by atoms with Crippen LogP contribution in [0.25, 0.3) is 0 Å². The number of aliphatic hydroxyl groups is 5. The highest BCUT2D eigenvalue weighted by Gasteiger charge is 2.54. The Labute approximate surface area is 139 Å². The molecule has 2 rings (SSSR count). The average Bonchev–Trinajstić information content (AvgIpc) is 2.60. The Kier molecular flexibility index (Phi) is 7.08. The Bertz CT molecular complexity index is 484. The Morgan fingerprint density at radius 2 is 1.71 bits per heavy atom. The molecule has 1 aromatic rings. The summed E-state index contributed by atoms with van der Waals surface area (Å²) in [5, 5.41) is 48.8. The molecular formula is C16H24O8. The first-order valence-corrected chi connectivity index (χ1v) is 7.71. The van der Waals surface area contributed by atoms with Crippen molar-refractivity contribution in [2.75, 3.05) is 26.4 Å². The molecule has 5 atom stereocenters. The van der Waals surface area contributed by atoms with Crippen molar-refractivity contribution in [3.05, 3.63) is 35.9 Å². The quantitative estimate of drug-likeness (QED) is 0.356. The molecule has 136 valence electrons. The number of benzene rings is 1. The van der Waals surface area contributed by atoms with Gasteiger partial charge in [-0.05, 0) is 5.56 Å². The zero-order chi connectivity index (χ0) is 17.6. The molecule has 0 saturated carbocycles. The molecule has 1 aliphatic rings. The summed E-state index contributed by atoms with van der Waals surface area (Å²) in [5.74, 6) is 0. The lowest BCUT2D eigenvalue weighted by Crippen LogP contribution is -2.68. The van der Waals surface area contributed by atoms with Gasteiger partial charge in [0.25, 0.3) is 0 Å². The van der Waals surface area contributed by atoms with Crippen LogP contribution in [0.3, 0.4) is 0 Å². The van der Waals surface area contributed by atoms with Crippen molar-refractivity contribution in [2.24, 2.45) is 0 Å². The van der Waals surface area contributed by atoms with Crippen LogP contribution < -0.4 is 0 Å². The van der Waals surface area contributed by atoms with Crippen LogP contribution in [-0.4, -0.2) is 82.2 Å². The van der Waals surface area contributed by atoms with Gasteiger partial charge in [0, 0.05) is 0 Å². The van der Waals surface area contributed by atoms with Crippen LogP contribution in [0.5, 0.6) is 0 Å². The van der Waals surface area contributed by atoms with Crippen molar-refractivity contribution in [3.8, 4) is 0 Å². The second-order valence-corrected chi connectivity index (χ2v) is 5.73. The zero-order valence-electron chi connectivity index (χ0n) is 13.2. The molecule has 0 bridgehead atoms. The molecule has 0 spiro atoms. The number of hydrogen-bond acceptors (Lipinski definition) is 8. The Morgan fingerprint density at radius 3 is 2.38 bits per heavy atom. The van der Waals surface area contributed by atoms with E-state index in [9.17, 15) is 20.4 Å². The maximum absolute atomic E-state index is 10.3. The van der Waals surface area contributed by atoms with Crippen LogP contribution in [0.2, 0.25) is 0 Å². The third-order valence-electron chi connectivity index (χ3n) is 3.94. The predicted octanol–water partition coefficient (Wildman–Crippen LogP) is -1.62. The lowest BCUT2D eigenvalue weighted by atomic mass is 9.87. The molecule has 0 aromatic heterocycles. The third-order valence-corrected chi connectivity index (χ3v) is 3.94. The highest BCUT2D eigenvalue weighted by Crippen LogP contribution is 2.29. The van der Waals surface area contributed by atoms with E-state index in [1.54, 1.807) is 0 Å². The highest BCUT2D eigenvalue weighted by molar-refractivity contribution is 5.13. The molecule has 0 aliphatic carbocycles. The van der Waals surface area contributed by atoms with Gasteiger partial charge in [-0.3, -0.25) is 0 Å². The van der Waals surface area contributed by atoms with Crippen LogP contribution in [0.1, 0.15) is 5.56 Å². The molecular weight excluding hydrogens is 320 g/mol. The Hall–Kier alpha value is -1.10. The van der Waals surface area contributed by atoms with Gasteiger partial charge in [0.1, 0.15) is 18.3 Å². The molecule has 3 unspecified atom stereocenters. The second kappa shape index (κ2) is 8.84. The van der Waals surface area contributed by atoms with Crippen molar-refractivity contribution >= 4 is 0 Å². The van der Waals surface area contributed by atoms with Crippen LogP contribution in [0.4, 0.5) is 0 Å². The minimum Gasteiger partial charge on any atom is -0.394 e. The summed E-state index contributed by atoms with van der Waals surface area (Å²) in [7, 11) is 0. The van der Waals surface area contributed by atoms with Gasteiger partial charge in [0.05, 0.1) is 33.0 Å². The van der Waals surface area contributed by atoms with Gasteiger partial charge in [0.2, 0.25) is 0 Å². The number of rotatable bonds is 8. The molecule has 1 aliphatic heterocycles. The van der Waals surface area contributed by atoms with Gasteiger partial charge >= 0.3 is 0 Å². The first-order valence-electron chi connectivity index (χ1n) is 7.71. The number of hydrogen-bond donors (Lipinski definition) is 5. The normalized spacial score (nSPS) is 33.5. The van der Waals surface area contributed by atoms with Gasteiger partial charge in [-0.2, -0.15) is 0 Å². The smallest absolute Gasteiger partial charge is 0.189 e. The van der Waals surface area contributed by atoms with E-state index >= 15 is 0 Å². The fraction of sp³-hybridized carbons (Fsp3) is 0.625. The van der Waals surface area contributed by atoms with E-state index in [2.05, 4.69) is 0 Å². The van der Waals surface area contributed by atoms with Crippen LogP contribution in [0.15, 0.2) is 30.3 Å². The summed E-state index contributed by atoms with van der Waals surface area (Å²) in [6, 6.07) is 9.57. The maximum Gasteiger partial charge on any atom is 0.189 e. The van der Waals surface area contributed by atoms with E-state index in [0.717, 1.165) is 5.56 Å². The SMILES string of the molecule is OCC1OC(O)[C@](O)(COCCOCc2ccccc2)C(O)[C@@H]1O. The summed E-state index contributed by atoms with van der Waals surface area (Å²) in [4.78, 5) is 0. The molecule has 1 fully saturated rings. The standard InChI is InChI=1S/C16H24O8/c17-8-12-13(18)14(19)16(21,15(20)24-12)10-23-7-6-22-9-11-4-2-1-3-5-11/h1-5,12-15,17-21H,6-10H2/t12?,13-,14?,15?,16+/m1/s1. The molecule has 1 heterocycles. The lowest BCUT2D eigenvalue weighted by Gasteiger charge is -2.45. The van der Waals surface area contributed by atoms with E-state index < -0.39 is 43.4 Å². The highest BCUT2D eigenvalue weighted by atomic mass is 16.6. The van der Waals surface area contributed by atoms with Crippen molar-refractivity contribution < 1.29 is 39.7 Å². The molecule has 8 nitrogen and oxygen atoms in total. The second-order valence-electron chi connectivity index (χ2n) is 5.73. The van der Waals surface area contributed by atoms with Gasteiger partial charge in [-0.15, -0.1) is 0 Å². The van der Waals surface area contributed by atoms with E-state index in [4.69, 9.17) is 19.3 Å². The average molecular weight is 344 g/mol. The van der Waals surface area contributed by atoms with Crippen molar-refractivity contribution in [2.45, 2.75) is 36.8 Å². The van der Waals surface area contributed by atoms with Crippen molar-refractivity contribution in [3.63, 3.8) is 0 Å². The van der Waals surface area contributed by atoms with Crippen molar-refractivity contribution in [1.29, 1.82) is 0 Å². The molecule has 0 radical (unpaired) electrons. The predicted molar refractivity (Wildman–Crippen MR) is 81.8 cm³/mol. The van der Waals surface area contributed by atoms with Crippen LogP contribution >= 0.6 is 0 Å². The molecule has 5 N–H and O–H groups in total. The van der Waals surface area contributed by atoms with Gasteiger partial charge in [-0.25, -0.2) is 0 Å². The third kappa shape index (κ3) is 4.50. The first-order chi connectivity index (χ1) is 11.5. The summed E-state index contributed by atoms with van der Waals surface area (Å²) < 4.78 is 15.5. The monoisotopic (exact) mass is 344 g/mol. The number of ether oxygens (including phenoxy) is 3. The molecule has 8 heteroatoms. The fourth-order valence-corrected chi connectivity index (χ4v) is 2.43. The van der Waals surface area contributed by atoms with E-state index in [1.165, 1.54) is 0 Å². The zero-order valence-corrected chi connectivity index (χ0v) is 13.2. The number of aliphatic hydroxyl groups excluding tert-OH is 4. The maximum atomic E-state index is 10.3. The Morgan fingerprint density at radius 1 is 1.04 bits per heavy atom. The van der Waals surface area contributed by atoms with Crippen LogP contribution in [0, 0.1) is 0 Å². The van der Waals surface area contributed by atoms with Gasteiger partial charge < -0.3 is 39.7 Å². The van der Waals surface area contributed by atoms with Crippen molar-refractivity contribution in [1.82, 2.24) is 0 Å². The first kappa shape index (κ1) is 19.2. The molecule has 1 saturated heterocycles. The van der Waals surface area contributed by atoms with Gasteiger partial charge in [0.15, 0.2) is 11.9 Å². The fourth-order valence-electron chi connectivity index (χ4n) is 2.43. The van der Waals surface area contributed by atoms with Crippen LogP contribution in [-0.2, 0) is 20.8 Å². The Balaban J connectivity index is 1.72. The summed E-state index contributed by atoms with van der Waals surface area (Å²) in [5.41, 5.74) is -1.18.